The number of rotatable bonds is 5. The highest BCUT2D eigenvalue weighted by atomic mass is 35.5. The van der Waals surface area contributed by atoms with Crippen LogP contribution in [0.25, 0.3) is 16.9 Å². The van der Waals surface area contributed by atoms with E-state index in [0.717, 1.165) is 0 Å². The molecule has 0 radical (unpaired) electrons. The van der Waals surface area contributed by atoms with Gasteiger partial charge in [0.2, 0.25) is 5.88 Å². The average molecular weight is 391 g/mol. The monoisotopic (exact) mass is 390 g/mol. The van der Waals surface area contributed by atoms with Crippen molar-refractivity contribution in [3.05, 3.63) is 59.4 Å². The Bertz CT molecular complexity index is 974. The molecule has 2 aromatic carbocycles. The van der Waals surface area contributed by atoms with E-state index in [9.17, 15) is 9.18 Å². The molecule has 1 aromatic heterocycles. The van der Waals surface area contributed by atoms with E-state index in [-0.39, 0.29) is 12.5 Å². The molecule has 0 atom stereocenters. The Morgan fingerprint density at radius 2 is 2.04 bits per heavy atom. The maximum absolute atomic E-state index is 14.0. The molecule has 27 heavy (non-hydrogen) atoms. The number of carbonyl (C=O) groups excluding carboxylic acids is 1. The third-order valence-electron chi connectivity index (χ3n) is 3.59. The van der Waals surface area contributed by atoms with Gasteiger partial charge in [0.1, 0.15) is 11.6 Å². The molecule has 3 aromatic rings. The van der Waals surface area contributed by atoms with Crippen molar-refractivity contribution in [1.29, 1.82) is 0 Å². The third kappa shape index (κ3) is 4.38. The Labute approximate surface area is 160 Å². The molecule has 1 heterocycles. The van der Waals surface area contributed by atoms with E-state index in [1.54, 1.807) is 37.3 Å². The second kappa shape index (κ2) is 8.09. The third-order valence-corrected chi connectivity index (χ3v) is 3.83. The lowest BCUT2D eigenvalue weighted by Crippen LogP contribution is -2.10. The maximum Gasteiger partial charge on any atom is 0.515 e. The summed E-state index contributed by atoms with van der Waals surface area (Å²) in [5.74, 6) is -0.126. The largest absolute Gasteiger partial charge is 0.515 e. The molecule has 8 heteroatoms. The molecule has 0 saturated carbocycles. The predicted molar refractivity (Wildman–Crippen MR) is 98.2 cm³/mol. The molecule has 0 fully saturated rings. The number of halogens is 2. The first-order valence-electron chi connectivity index (χ1n) is 8.05. The second-order valence-electron chi connectivity index (χ2n) is 5.42. The molecule has 0 bridgehead atoms. The number of nitrogens with zero attached hydrogens (tertiary/aromatic N) is 2. The van der Waals surface area contributed by atoms with Crippen LogP contribution in [-0.4, -0.2) is 29.7 Å². The van der Waals surface area contributed by atoms with Crippen molar-refractivity contribution in [2.24, 2.45) is 0 Å². The second-order valence-corrected chi connectivity index (χ2v) is 5.86. The molecular formula is C19H16ClFN2O4. The quantitative estimate of drug-likeness (QED) is 0.581. The fourth-order valence-corrected chi connectivity index (χ4v) is 2.67. The van der Waals surface area contributed by atoms with E-state index in [1.807, 2.05) is 0 Å². The highest BCUT2D eigenvalue weighted by Crippen LogP contribution is 2.31. The van der Waals surface area contributed by atoms with Gasteiger partial charge in [-0.2, -0.15) is 0 Å². The zero-order chi connectivity index (χ0) is 19.4. The summed E-state index contributed by atoms with van der Waals surface area (Å²) in [7, 11) is 1.45. The molecule has 6 nitrogen and oxygen atoms in total. The minimum atomic E-state index is -0.878. The first-order chi connectivity index (χ1) is 13.0. The molecule has 0 aliphatic rings. The molecule has 0 amide bonds. The number of methoxy groups -OCH3 is 1. The smallest absolute Gasteiger partial charge is 0.497 e. The van der Waals surface area contributed by atoms with Gasteiger partial charge in [-0.3, -0.25) is 0 Å². The first kappa shape index (κ1) is 18.7. The van der Waals surface area contributed by atoms with Gasteiger partial charge >= 0.3 is 6.16 Å². The van der Waals surface area contributed by atoms with Gasteiger partial charge in [0.05, 0.1) is 25.1 Å². The summed E-state index contributed by atoms with van der Waals surface area (Å²) in [5, 5.41) is 4.78. The average Bonchev–Trinajstić information content (AvgIpc) is 3.05. The topological polar surface area (TPSA) is 62.6 Å². The lowest BCUT2D eigenvalue weighted by atomic mass is 10.1. The molecule has 3 rings (SSSR count). The van der Waals surface area contributed by atoms with E-state index >= 15 is 0 Å². The summed E-state index contributed by atoms with van der Waals surface area (Å²) in [5.41, 5.74) is 1.58. The maximum atomic E-state index is 14.0. The van der Waals surface area contributed by atoms with Crippen LogP contribution in [-0.2, 0) is 4.74 Å². The van der Waals surface area contributed by atoms with Crippen LogP contribution in [0.5, 0.6) is 11.6 Å². The van der Waals surface area contributed by atoms with Gasteiger partial charge < -0.3 is 14.2 Å². The van der Waals surface area contributed by atoms with Crippen LogP contribution in [0, 0.1) is 5.82 Å². The fourth-order valence-electron chi connectivity index (χ4n) is 2.48. The minimum absolute atomic E-state index is 0.00616. The lowest BCUT2D eigenvalue weighted by molar-refractivity contribution is 0.102. The van der Waals surface area contributed by atoms with Gasteiger partial charge in [-0.15, -0.1) is 5.10 Å². The first-order valence-corrected chi connectivity index (χ1v) is 8.43. The standard InChI is InChI=1S/C19H16ClFN2O4/c1-3-26-19(24)27-18-11-17(12-7-14(21)10-16(8-12)25-2)23(22-18)15-6-4-5-13(20)9-15/h4-11H,3H2,1-2H3. The summed E-state index contributed by atoms with van der Waals surface area (Å²) < 4.78 is 30.5. The van der Waals surface area contributed by atoms with Gasteiger partial charge in [0, 0.05) is 22.7 Å². The molecule has 0 unspecified atom stereocenters. The predicted octanol–water partition coefficient (Wildman–Crippen LogP) is 4.88. The highest BCUT2D eigenvalue weighted by molar-refractivity contribution is 6.30. The molecule has 0 aliphatic heterocycles. The summed E-state index contributed by atoms with van der Waals surface area (Å²) in [6, 6.07) is 12.7. The van der Waals surface area contributed by atoms with Crippen molar-refractivity contribution in [3.8, 4) is 28.6 Å². The van der Waals surface area contributed by atoms with Crippen LogP contribution in [0.3, 0.4) is 0 Å². The van der Waals surface area contributed by atoms with Crippen LogP contribution in [0.15, 0.2) is 48.5 Å². The molecule has 0 N–H and O–H groups in total. The number of carbonyl (C=O) groups is 1. The van der Waals surface area contributed by atoms with Crippen LogP contribution in [0.1, 0.15) is 6.92 Å². The Balaban J connectivity index is 2.11. The Morgan fingerprint density at radius 1 is 1.22 bits per heavy atom. The number of benzene rings is 2. The van der Waals surface area contributed by atoms with Crippen molar-refractivity contribution in [3.63, 3.8) is 0 Å². The summed E-state index contributed by atoms with van der Waals surface area (Å²) in [6.07, 6.45) is -0.878. The highest BCUT2D eigenvalue weighted by Gasteiger charge is 2.17. The Kier molecular flexibility index (Phi) is 5.61. The van der Waals surface area contributed by atoms with E-state index in [2.05, 4.69) is 5.10 Å². The number of aromatic nitrogens is 2. The molecule has 140 valence electrons. The van der Waals surface area contributed by atoms with Gasteiger partial charge in [-0.25, -0.2) is 13.9 Å². The Hall–Kier alpha value is -3.06. The van der Waals surface area contributed by atoms with Crippen molar-refractivity contribution < 1.29 is 23.4 Å². The van der Waals surface area contributed by atoms with Crippen LogP contribution >= 0.6 is 11.6 Å². The number of hydrogen-bond acceptors (Lipinski definition) is 5. The molecule has 0 saturated heterocycles. The van der Waals surface area contributed by atoms with Gasteiger partial charge in [0.15, 0.2) is 0 Å². The SMILES string of the molecule is CCOC(=O)Oc1cc(-c2cc(F)cc(OC)c2)n(-c2cccc(Cl)c2)n1. The fraction of sp³-hybridized carbons (Fsp3) is 0.158. The van der Waals surface area contributed by atoms with Crippen LogP contribution in [0.2, 0.25) is 5.02 Å². The van der Waals surface area contributed by atoms with Gasteiger partial charge in [0.25, 0.3) is 0 Å². The van der Waals surface area contributed by atoms with Crippen LogP contribution < -0.4 is 9.47 Å². The van der Waals surface area contributed by atoms with E-state index in [4.69, 9.17) is 25.8 Å². The number of ether oxygens (including phenoxy) is 3. The van der Waals surface area contributed by atoms with E-state index < -0.39 is 12.0 Å². The van der Waals surface area contributed by atoms with Crippen molar-refractivity contribution >= 4 is 17.8 Å². The van der Waals surface area contributed by atoms with Gasteiger partial charge in [-0.1, -0.05) is 17.7 Å². The zero-order valence-corrected chi connectivity index (χ0v) is 15.4. The Morgan fingerprint density at radius 3 is 2.74 bits per heavy atom. The zero-order valence-electron chi connectivity index (χ0n) is 14.6. The van der Waals surface area contributed by atoms with Crippen molar-refractivity contribution in [1.82, 2.24) is 9.78 Å². The number of hydrogen-bond donors (Lipinski definition) is 0. The molecular weight excluding hydrogens is 375 g/mol. The van der Waals surface area contributed by atoms with Crippen molar-refractivity contribution in [2.45, 2.75) is 6.92 Å². The summed E-state index contributed by atoms with van der Waals surface area (Å²) >= 11 is 6.07. The van der Waals surface area contributed by atoms with E-state index in [0.29, 0.717) is 27.7 Å². The van der Waals surface area contributed by atoms with Crippen LogP contribution in [0.4, 0.5) is 9.18 Å². The lowest BCUT2D eigenvalue weighted by Gasteiger charge is -2.09. The molecule has 0 spiro atoms. The minimum Gasteiger partial charge on any atom is -0.497 e. The normalized spacial score (nSPS) is 10.5. The van der Waals surface area contributed by atoms with Crippen molar-refractivity contribution in [2.75, 3.05) is 13.7 Å². The van der Waals surface area contributed by atoms with Gasteiger partial charge in [-0.05, 0) is 37.3 Å². The summed E-state index contributed by atoms with van der Waals surface area (Å²) in [6.45, 7) is 1.83. The molecule has 0 aliphatic carbocycles. The summed E-state index contributed by atoms with van der Waals surface area (Å²) in [4.78, 5) is 11.6. The van der Waals surface area contributed by atoms with E-state index in [1.165, 1.54) is 30.0 Å².